The molecule has 138 valence electrons. The van der Waals surface area contributed by atoms with Crippen LogP contribution in [-0.4, -0.2) is 17.4 Å². The zero-order valence-corrected chi connectivity index (χ0v) is 15.2. The third-order valence-corrected chi connectivity index (χ3v) is 4.30. The summed E-state index contributed by atoms with van der Waals surface area (Å²) < 4.78 is 13.6. The summed E-state index contributed by atoms with van der Waals surface area (Å²) in [6.45, 7) is 2.67. The van der Waals surface area contributed by atoms with Crippen molar-refractivity contribution < 1.29 is 9.18 Å². The highest BCUT2D eigenvalue weighted by atomic mass is 19.1. The molecule has 1 aromatic heterocycles. The van der Waals surface area contributed by atoms with Crippen LogP contribution in [0, 0.1) is 5.82 Å². The third kappa shape index (κ3) is 5.14. The van der Waals surface area contributed by atoms with Gasteiger partial charge in [0, 0.05) is 12.2 Å². The molecule has 27 heavy (non-hydrogen) atoms. The van der Waals surface area contributed by atoms with Crippen molar-refractivity contribution in [2.75, 3.05) is 17.2 Å². The second kappa shape index (κ2) is 8.94. The summed E-state index contributed by atoms with van der Waals surface area (Å²) in [5, 5.41) is 6.02. The van der Waals surface area contributed by atoms with Gasteiger partial charge in [0.25, 0.3) is 5.91 Å². The van der Waals surface area contributed by atoms with E-state index in [-0.39, 0.29) is 11.7 Å². The van der Waals surface area contributed by atoms with Crippen LogP contribution in [0.3, 0.4) is 0 Å². The standard InChI is InChI=1S/C22H22FN3O/c1-2-16-7-9-18(10-8-16)26-22(27)21-12-11-19(15-25-21)24-14-13-17-5-3-4-6-20(17)23/h3-12,15,24H,2,13-14H2,1H3,(H,26,27). The van der Waals surface area contributed by atoms with Crippen LogP contribution in [0.1, 0.15) is 28.5 Å². The van der Waals surface area contributed by atoms with Crippen LogP contribution < -0.4 is 10.6 Å². The molecule has 0 bridgehead atoms. The minimum atomic E-state index is -0.253. The predicted octanol–water partition coefficient (Wildman–Crippen LogP) is 4.69. The quantitative estimate of drug-likeness (QED) is 0.640. The molecule has 3 rings (SSSR count). The number of hydrogen-bond acceptors (Lipinski definition) is 3. The average Bonchev–Trinajstić information content (AvgIpc) is 2.70. The molecule has 0 spiro atoms. The zero-order chi connectivity index (χ0) is 19.1. The van der Waals surface area contributed by atoms with Gasteiger partial charge in [0.2, 0.25) is 0 Å². The van der Waals surface area contributed by atoms with Crippen molar-refractivity contribution in [1.29, 1.82) is 0 Å². The largest absolute Gasteiger partial charge is 0.383 e. The van der Waals surface area contributed by atoms with E-state index < -0.39 is 0 Å². The molecular formula is C22H22FN3O. The van der Waals surface area contributed by atoms with Crippen molar-refractivity contribution in [3.63, 3.8) is 0 Å². The first-order valence-corrected chi connectivity index (χ1v) is 8.99. The first-order valence-electron chi connectivity index (χ1n) is 8.99. The number of nitrogens with one attached hydrogen (secondary N) is 2. The Hall–Kier alpha value is -3.21. The number of aromatic nitrogens is 1. The molecule has 5 heteroatoms. The van der Waals surface area contributed by atoms with Gasteiger partial charge in [0.1, 0.15) is 11.5 Å². The molecular weight excluding hydrogens is 341 g/mol. The minimum absolute atomic E-state index is 0.198. The van der Waals surface area contributed by atoms with Gasteiger partial charge in [-0.25, -0.2) is 9.37 Å². The molecule has 0 unspecified atom stereocenters. The number of pyridine rings is 1. The SMILES string of the molecule is CCc1ccc(NC(=O)c2ccc(NCCc3ccccc3F)cn2)cc1. The third-order valence-electron chi connectivity index (χ3n) is 4.30. The Balaban J connectivity index is 1.53. The summed E-state index contributed by atoms with van der Waals surface area (Å²) in [4.78, 5) is 16.5. The van der Waals surface area contributed by atoms with Crippen LogP contribution in [0.25, 0.3) is 0 Å². The smallest absolute Gasteiger partial charge is 0.274 e. The van der Waals surface area contributed by atoms with Crippen molar-refractivity contribution in [3.05, 3.63) is 89.5 Å². The number of carbonyl (C=O) groups excluding carboxylic acids is 1. The fraction of sp³-hybridized carbons (Fsp3) is 0.182. The number of nitrogens with zero attached hydrogens (tertiary/aromatic N) is 1. The Kier molecular flexibility index (Phi) is 6.15. The lowest BCUT2D eigenvalue weighted by Gasteiger charge is -2.08. The van der Waals surface area contributed by atoms with Crippen molar-refractivity contribution in [2.45, 2.75) is 19.8 Å². The van der Waals surface area contributed by atoms with Crippen molar-refractivity contribution in [2.24, 2.45) is 0 Å². The molecule has 1 heterocycles. The second-order valence-electron chi connectivity index (χ2n) is 6.20. The van der Waals surface area contributed by atoms with E-state index in [1.165, 1.54) is 11.6 Å². The summed E-state index contributed by atoms with van der Waals surface area (Å²) in [5.74, 6) is -0.450. The molecule has 0 radical (unpaired) electrons. The Labute approximate surface area is 158 Å². The highest BCUT2D eigenvalue weighted by Crippen LogP contribution is 2.13. The molecule has 0 saturated carbocycles. The number of aryl methyl sites for hydroxylation is 1. The summed E-state index contributed by atoms with van der Waals surface area (Å²) >= 11 is 0. The van der Waals surface area contributed by atoms with Crippen LogP contribution in [0.4, 0.5) is 15.8 Å². The first kappa shape index (κ1) is 18.6. The van der Waals surface area contributed by atoms with E-state index in [2.05, 4.69) is 22.5 Å². The van der Waals surface area contributed by atoms with Gasteiger partial charge in [-0.1, -0.05) is 37.3 Å². The molecule has 0 aliphatic rings. The second-order valence-corrected chi connectivity index (χ2v) is 6.20. The fourth-order valence-electron chi connectivity index (χ4n) is 2.69. The lowest BCUT2D eigenvalue weighted by Crippen LogP contribution is -2.14. The summed E-state index contributed by atoms with van der Waals surface area (Å²) in [5.41, 5.74) is 3.76. The maximum Gasteiger partial charge on any atom is 0.274 e. The number of benzene rings is 2. The first-order chi connectivity index (χ1) is 13.2. The molecule has 1 amide bonds. The summed E-state index contributed by atoms with van der Waals surface area (Å²) in [6.07, 6.45) is 3.14. The van der Waals surface area contributed by atoms with E-state index in [9.17, 15) is 9.18 Å². The maximum atomic E-state index is 13.6. The molecule has 2 N–H and O–H groups in total. The summed E-state index contributed by atoms with van der Waals surface area (Å²) in [7, 11) is 0. The van der Waals surface area contributed by atoms with Gasteiger partial charge in [-0.15, -0.1) is 0 Å². The van der Waals surface area contributed by atoms with Gasteiger partial charge in [0.05, 0.1) is 11.9 Å². The van der Waals surface area contributed by atoms with Crippen LogP contribution in [-0.2, 0) is 12.8 Å². The van der Waals surface area contributed by atoms with E-state index in [1.807, 2.05) is 30.3 Å². The molecule has 2 aromatic carbocycles. The highest BCUT2D eigenvalue weighted by Gasteiger charge is 2.08. The molecule has 0 aliphatic heterocycles. The van der Waals surface area contributed by atoms with Crippen LogP contribution in [0.15, 0.2) is 66.9 Å². The lowest BCUT2D eigenvalue weighted by atomic mass is 10.1. The average molecular weight is 363 g/mol. The molecule has 3 aromatic rings. The van der Waals surface area contributed by atoms with E-state index in [4.69, 9.17) is 0 Å². The molecule has 0 fully saturated rings. The van der Waals surface area contributed by atoms with Gasteiger partial charge in [-0.3, -0.25) is 4.79 Å². The van der Waals surface area contributed by atoms with Gasteiger partial charge in [0.15, 0.2) is 0 Å². The van der Waals surface area contributed by atoms with E-state index in [0.29, 0.717) is 24.2 Å². The van der Waals surface area contributed by atoms with Crippen LogP contribution >= 0.6 is 0 Å². The number of hydrogen-bond donors (Lipinski definition) is 2. The van der Waals surface area contributed by atoms with E-state index in [0.717, 1.165) is 17.8 Å². The normalized spacial score (nSPS) is 10.4. The fourth-order valence-corrected chi connectivity index (χ4v) is 2.69. The van der Waals surface area contributed by atoms with Crippen molar-refractivity contribution in [3.8, 4) is 0 Å². The Morgan fingerprint density at radius 1 is 1.00 bits per heavy atom. The number of halogens is 1. The lowest BCUT2D eigenvalue weighted by molar-refractivity contribution is 0.102. The topological polar surface area (TPSA) is 54.0 Å². The van der Waals surface area contributed by atoms with E-state index >= 15 is 0 Å². The van der Waals surface area contributed by atoms with E-state index in [1.54, 1.807) is 30.5 Å². The van der Waals surface area contributed by atoms with Crippen molar-refractivity contribution >= 4 is 17.3 Å². The highest BCUT2D eigenvalue weighted by molar-refractivity contribution is 6.02. The molecule has 0 saturated heterocycles. The van der Waals surface area contributed by atoms with Crippen LogP contribution in [0.2, 0.25) is 0 Å². The predicted molar refractivity (Wildman–Crippen MR) is 107 cm³/mol. The number of anilines is 2. The summed E-state index contributed by atoms with van der Waals surface area (Å²) in [6, 6.07) is 17.9. The zero-order valence-electron chi connectivity index (χ0n) is 15.2. The monoisotopic (exact) mass is 363 g/mol. The van der Waals surface area contributed by atoms with Gasteiger partial charge in [-0.2, -0.15) is 0 Å². The number of rotatable bonds is 7. The van der Waals surface area contributed by atoms with Crippen molar-refractivity contribution in [1.82, 2.24) is 4.98 Å². The van der Waals surface area contributed by atoms with Gasteiger partial charge >= 0.3 is 0 Å². The van der Waals surface area contributed by atoms with Gasteiger partial charge < -0.3 is 10.6 Å². The van der Waals surface area contributed by atoms with Crippen LogP contribution in [0.5, 0.6) is 0 Å². The van der Waals surface area contributed by atoms with Gasteiger partial charge in [-0.05, 0) is 54.3 Å². The number of amides is 1. The Bertz CT molecular complexity index is 892. The molecule has 0 atom stereocenters. The maximum absolute atomic E-state index is 13.6. The minimum Gasteiger partial charge on any atom is -0.383 e. The Morgan fingerprint density at radius 3 is 2.41 bits per heavy atom. The number of carbonyl (C=O) groups is 1. The molecule has 4 nitrogen and oxygen atoms in total. The molecule has 0 aliphatic carbocycles. The Morgan fingerprint density at radius 2 is 1.74 bits per heavy atom.